The number of piperidine rings is 1. The Balaban J connectivity index is 1.56. The number of nitrogens with zero attached hydrogens (tertiary/aromatic N) is 3. The van der Waals surface area contributed by atoms with Gasteiger partial charge >= 0.3 is 6.61 Å². The lowest BCUT2D eigenvalue weighted by atomic mass is 9.91. The monoisotopic (exact) mass is 324 g/mol. The number of aliphatic hydroxyl groups excluding tert-OH is 1. The zero-order chi connectivity index (χ0) is 16.2. The Kier molecular flexibility index (Phi) is 4.71. The van der Waals surface area contributed by atoms with Gasteiger partial charge in [0.1, 0.15) is 23.5 Å². The van der Waals surface area contributed by atoms with E-state index in [1.807, 2.05) is 0 Å². The van der Waals surface area contributed by atoms with Gasteiger partial charge in [-0.15, -0.1) is 0 Å². The number of hydrogen-bond donors (Lipinski definition) is 2. The van der Waals surface area contributed by atoms with E-state index < -0.39 is 12.7 Å². The Morgan fingerprint density at radius 2 is 2.04 bits per heavy atom. The summed E-state index contributed by atoms with van der Waals surface area (Å²) >= 11 is 0. The Morgan fingerprint density at radius 1 is 1.26 bits per heavy atom. The summed E-state index contributed by atoms with van der Waals surface area (Å²) in [6, 6.07) is 3.15. The Labute approximate surface area is 132 Å². The zero-order valence-electron chi connectivity index (χ0n) is 12.4. The van der Waals surface area contributed by atoms with Crippen molar-refractivity contribution in [2.24, 2.45) is 5.92 Å². The maximum absolute atomic E-state index is 12.1. The summed E-state index contributed by atoms with van der Waals surface area (Å²) in [6.07, 6.45) is 5.63. The molecule has 6 nitrogen and oxygen atoms in total. The van der Waals surface area contributed by atoms with Crippen molar-refractivity contribution in [2.45, 2.75) is 25.6 Å². The van der Waals surface area contributed by atoms with Gasteiger partial charge in [0.2, 0.25) is 0 Å². The highest BCUT2D eigenvalue weighted by atomic mass is 19.3. The molecule has 1 aliphatic rings. The number of imidazole rings is 1. The molecule has 0 aromatic carbocycles. The molecule has 1 fully saturated rings. The molecular formula is C15H18F2N4O2. The van der Waals surface area contributed by atoms with Crippen LogP contribution in [-0.2, 0) is 0 Å². The fourth-order valence-electron chi connectivity index (χ4n) is 2.84. The van der Waals surface area contributed by atoms with Gasteiger partial charge in [0.25, 0.3) is 0 Å². The Morgan fingerprint density at radius 3 is 2.61 bits per heavy atom. The number of halogens is 2. The summed E-state index contributed by atoms with van der Waals surface area (Å²) in [5.74, 6) is 1.50. The van der Waals surface area contributed by atoms with Gasteiger partial charge in [-0.2, -0.15) is 8.78 Å². The SMILES string of the molecule is OC(c1ncc[nH]1)C1CCN(c2ccc(OC(F)F)cn2)CC1. The number of aromatic nitrogens is 3. The van der Waals surface area contributed by atoms with Gasteiger partial charge in [-0.05, 0) is 30.9 Å². The summed E-state index contributed by atoms with van der Waals surface area (Å²) in [6.45, 7) is -1.36. The van der Waals surface area contributed by atoms with Crippen LogP contribution in [0.4, 0.5) is 14.6 Å². The number of pyridine rings is 1. The maximum atomic E-state index is 12.1. The number of anilines is 1. The van der Waals surface area contributed by atoms with Crippen LogP contribution in [-0.4, -0.2) is 39.8 Å². The predicted octanol–water partition coefficient (Wildman–Crippen LogP) is 2.36. The van der Waals surface area contributed by atoms with E-state index in [0.29, 0.717) is 5.82 Å². The minimum atomic E-state index is -2.85. The van der Waals surface area contributed by atoms with Crippen LogP contribution in [0.3, 0.4) is 0 Å². The largest absolute Gasteiger partial charge is 0.433 e. The molecule has 3 rings (SSSR count). The third-order valence-corrected chi connectivity index (χ3v) is 4.06. The van der Waals surface area contributed by atoms with Crippen LogP contribution in [0.2, 0.25) is 0 Å². The standard InChI is InChI=1S/C15H18F2N4O2/c16-15(17)23-11-1-2-12(20-9-11)21-7-3-10(4-8-21)13(22)14-18-5-6-19-14/h1-2,5-6,9-10,13,15,22H,3-4,7-8H2,(H,18,19). The smallest absolute Gasteiger partial charge is 0.387 e. The van der Waals surface area contributed by atoms with Crippen molar-refractivity contribution in [1.82, 2.24) is 15.0 Å². The molecule has 1 atom stereocenters. The summed E-state index contributed by atoms with van der Waals surface area (Å²) < 4.78 is 28.5. The second-order valence-electron chi connectivity index (χ2n) is 5.47. The van der Waals surface area contributed by atoms with Crippen LogP contribution in [0.15, 0.2) is 30.7 Å². The van der Waals surface area contributed by atoms with E-state index in [0.717, 1.165) is 31.7 Å². The first kappa shape index (κ1) is 15.7. The number of rotatable bonds is 5. The number of alkyl halides is 2. The number of aromatic amines is 1. The molecule has 0 aliphatic carbocycles. The van der Waals surface area contributed by atoms with Gasteiger partial charge in [0.15, 0.2) is 0 Å². The summed E-state index contributed by atoms with van der Waals surface area (Å²) in [5.41, 5.74) is 0. The lowest BCUT2D eigenvalue weighted by Crippen LogP contribution is -2.36. The van der Waals surface area contributed by atoms with Gasteiger partial charge in [-0.3, -0.25) is 0 Å². The molecule has 1 saturated heterocycles. The molecule has 2 N–H and O–H groups in total. The van der Waals surface area contributed by atoms with E-state index in [9.17, 15) is 13.9 Å². The van der Waals surface area contributed by atoms with E-state index in [1.54, 1.807) is 18.5 Å². The first-order valence-electron chi connectivity index (χ1n) is 7.46. The van der Waals surface area contributed by atoms with Crippen molar-refractivity contribution in [3.63, 3.8) is 0 Å². The second kappa shape index (κ2) is 6.91. The van der Waals surface area contributed by atoms with E-state index in [4.69, 9.17) is 0 Å². The van der Waals surface area contributed by atoms with Crippen LogP contribution in [0, 0.1) is 5.92 Å². The Bertz CT molecular complexity index is 598. The fourth-order valence-corrected chi connectivity index (χ4v) is 2.84. The van der Waals surface area contributed by atoms with Crippen LogP contribution < -0.4 is 9.64 Å². The zero-order valence-corrected chi connectivity index (χ0v) is 12.4. The number of hydrogen-bond acceptors (Lipinski definition) is 5. The molecular weight excluding hydrogens is 306 g/mol. The summed E-state index contributed by atoms with van der Waals surface area (Å²) in [7, 11) is 0. The van der Waals surface area contributed by atoms with E-state index >= 15 is 0 Å². The molecule has 23 heavy (non-hydrogen) atoms. The minimum absolute atomic E-state index is 0.0480. The number of H-pyrrole nitrogens is 1. The first-order chi connectivity index (χ1) is 11.1. The highest BCUT2D eigenvalue weighted by Crippen LogP contribution is 2.30. The van der Waals surface area contributed by atoms with Gasteiger partial charge in [-0.25, -0.2) is 9.97 Å². The topological polar surface area (TPSA) is 74.3 Å². The van der Waals surface area contributed by atoms with Gasteiger partial charge in [0, 0.05) is 25.5 Å². The molecule has 2 aromatic rings. The molecule has 0 amide bonds. The van der Waals surface area contributed by atoms with Crippen molar-refractivity contribution in [3.8, 4) is 5.75 Å². The molecule has 3 heterocycles. The van der Waals surface area contributed by atoms with Crippen LogP contribution >= 0.6 is 0 Å². The van der Waals surface area contributed by atoms with Crippen molar-refractivity contribution in [3.05, 3.63) is 36.5 Å². The third kappa shape index (κ3) is 3.76. The highest BCUT2D eigenvalue weighted by molar-refractivity contribution is 5.41. The van der Waals surface area contributed by atoms with Gasteiger partial charge < -0.3 is 19.7 Å². The first-order valence-corrected chi connectivity index (χ1v) is 7.46. The molecule has 124 valence electrons. The van der Waals surface area contributed by atoms with E-state index in [1.165, 1.54) is 12.3 Å². The van der Waals surface area contributed by atoms with Gasteiger partial charge in [-0.1, -0.05) is 0 Å². The van der Waals surface area contributed by atoms with Crippen LogP contribution in [0.5, 0.6) is 5.75 Å². The average Bonchev–Trinajstić information content (AvgIpc) is 3.09. The van der Waals surface area contributed by atoms with E-state index in [2.05, 4.69) is 24.6 Å². The molecule has 2 aromatic heterocycles. The minimum Gasteiger partial charge on any atom is -0.433 e. The second-order valence-corrected chi connectivity index (χ2v) is 5.47. The number of aliphatic hydroxyl groups is 1. The lowest BCUT2D eigenvalue weighted by Gasteiger charge is -2.34. The van der Waals surface area contributed by atoms with Crippen molar-refractivity contribution >= 4 is 5.82 Å². The van der Waals surface area contributed by atoms with Crippen LogP contribution in [0.1, 0.15) is 24.8 Å². The number of nitrogens with one attached hydrogen (secondary N) is 1. The molecule has 0 radical (unpaired) electrons. The summed E-state index contributed by atoms with van der Waals surface area (Å²) in [5, 5.41) is 10.3. The quantitative estimate of drug-likeness (QED) is 0.883. The predicted molar refractivity (Wildman–Crippen MR) is 79.4 cm³/mol. The van der Waals surface area contributed by atoms with Gasteiger partial charge in [0.05, 0.1) is 6.20 Å². The molecule has 0 spiro atoms. The van der Waals surface area contributed by atoms with E-state index in [-0.39, 0.29) is 11.7 Å². The maximum Gasteiger partial charge on any atom is 0.387 e. The molecule has 8 heteroatoms. The lowest BCUT2D eigenvalue weighted by molar-refractivity contribution is -0.0500. The molecule has 1 aliphatic heterocycles. The number of ether oxygens (including phenoxy) is 1. The molecule has 0 bridgehead atoms. The normalized spacial score (nSPS) is 17.5. The summed E-state index contributed by atoms with van der Waals surface area (Å²) in [4.78, 5) is 13.3. The van der Waals surface area contributed by atoms with Crippen LogP contribution in [0.25, 0.3) is 0 Å². The van der Waals surface area contributed by atoms with Crippen molar-refractivity contribution < 1.29 is 18.6 Å². The highest BCUT2D eigenvalue weighted by Gasteiger charge is 2.28. The molecule has 0 saturated carbocycles. The Hall–Kier alpha value is -2.22. The van der Waals surface area contributed by atoms with Crippen molar-refractivity contribution in [2.75, 3.05) is 18.0 Å². The van der Waals surface area contributed by atoms with Crippen molar-refractivity contribution in [1.29, 1.82) is 0 Å². The fraction of sp³-hybridized carbons (Fsp3) is 0.467. The third-order valence-electron chi connectivity index (χ3n) is 4.06. The average molecular weight is 324 g/mol. The molecule has 1 unspecified atom stereocenters.